The molecule has 0 aliphatic heterocycles. The van der Waals surface area contributed by atoms with E-state index in [1.54, 1.807) is 5.57 Å². The highest BCUT2D eigenvalue weighted by Gasteiger charge is 2.61. The van der Waals surface area contributed by atoms with E-state index in [0.29, 0.717) is 16.7 Å². The van der Waals surface area contributed by atoms with E-state index >= 15 is 0 Å². The van der Waals surface area contributed by atoms with Crippen LogP contribution in [0.1, 0.15) is 105 Å². The number of hydrogen-bond donors (Lipinski definition) is 2. The molecule has 29 heavy (non-hydrogen) atoms. The van der Waals surface area contributed by atoms with Crippen molar-refractivity contribution in [2.45, 2.75) is 117 Å². The van der Waals surface area contributed by atoms with Crippen molar-refractivity contribution in [1.82, 2.24) is 0 Å². The predicted molar refractivity (Wildman–Crippen MR) is 121 cm³/mol. The van der Waals surface area contributed by atoms with Crippen molar-refractivity contribution < 1.29 is 10.2 Å². The molecule has 4 rings (SSSR count). The SMILES string of the molecule is CC(C)CCC[C@@](C)(O)[C@H]1CC[C@H]2[C@@H]3CC=C4CC(O)CC[C@]4(C)[C@@H]3CC[C@@]21C. The van der Waals surface area contributed by atoms with Crippen molar-refractivity contribution in [3.05, 3.63) is 11.6 Å². The van der Waals surface area contributed by atoms with Crippen molar-refractivity contribution in [2.75, 3.05) is 0 Å². The maximum absolute atomic E-state index is 11.6. The molecule has 8 atom stereocenters. The van der Waals surface area contributed by atoms with E-state index in [-0.39, 0.29) is 6.10 Å². The van der Waals surface area contributed by atoms with Crippen LogP contribution in [-0.4, -0.2) is 21.9 Å². The number of aliphatic hydroxyl groups excluding tert-OH is 1. The lowest BCUT2D eigenvalue weighted by Gasteiger charge is -2.59. The molecule has 0 aromatic carbocycles. The first-order valence-corrected chi connectivity index (χ1v) is 12.7. The molecule has 0 heterocycles. The fourth-order valence-electron chi connectivity index (χ4n) is 8.71. The van der Waals surface area contributed by atoms with Gasteiger partial charge in [-0.05, 0) is 105 Å². The summed E-state index contributed by atoms with van der Waals surface area (Å²) in [5.74, 6) is 3.53. The first kappa shape index (κ1) is 21.9. The van der Waals surface area contributed by atoms with Gasteiger partial charge in [-0.25, -0.2) is 0 Å². The lowest BCUT2D eigenvalue weighted by Crippen LogP contribution is -2.53. The van der Waals surface area contributed by atoms with Crippen LogP contribution in [0.5, 0.6) is 0 Å². The van der Waals surface area contributed by atoms with E-state index in [9.17, 15) is 10.2 Å². The second-order valence-electron chi connectivity index (χ2n) is 12.5. The van der Waals surface area contributed by atoms with Gasteiger partial charge in [-0.1, -0.05) is 52.2 Å². The Bertz CT molecular complexity index is 634. The van der Waals surface area contributed by atoms with Crippen molar-refractivity contribution in [2.24, 2.45) is 40.4 Å². The maximum atomic E-state index is 11.6. The first-order valence-electron chi connectivity index (χ1n) is 12.7. The fraction of sp³-hybridized carbons (Fsp3) is 0.926. The van der Waals surface area contributed by atoms with E-state index in [2.05, 4.69) is 40.7 Å². The van der Waals surface area contributed by atoms with Crippen LogP contribution in [0.3, 0.4) is 0 Å². The second kappa shape index (κ2) is 7.66. The number of allylic oxidation sites excluding steroid dienone is 1. The van der Waals surface area contributed by atoms with E-state index in [0.717, 1.165) is 49.4 Å². The number of rotatable bonds is 5. The number of aliphatic hydroxyl groups is 2. The molecular formula is C27H46O2. The van der Waals surface area contributed by atoms with Crippen molar-refractivity contribution in [3.63, 3.8) is 0 Å². The molecule has 0 saturated heterocycles. The van der Waals surface area contributed by atoms with Crippen molar-refractivity contribution in [3.8, 4) is 0 Å². The third kappa shape index (κ3) is 3.65. The Morgan fingerprint density at radius 3 is 2.59 bits per heavy atom. The maximum Gasteiger partial charge on any atom is 0.0653 e. The van der Waals surface area contributed by atoms with Crippen molar-refractivity contribution in [1.29, 1.82) is 0 Å². The third-order valence-corrected chi connectivity index (χ3v) is 10.3. The summed E-state index contributed by atoms with van der Waals surface area (Å²) in [6, 6.07) is 0. The van der Waals surface area contributed by atoms with Gasteiger partial charge >= 0.3 is 0 Å². The van der Waals surface area contributed by atoms with Gasteiger partial charge in [0.2, 0.25) is 0 Å². The zero-order chi connectivity index (χ0) is 21.0. The predicted octanol–water partition coefficient (Wildman–Crippen LogP) is 6.50. The minimum Gasteiger partial charge on any atom is -0.393 e. The summed E-state index contributed by atoms with van der Waals surface area (Å²) in [6.45, 7) is 11.8. The smallest absolute Gasteiger partial charge is 0.0653 e. The molecule has 0 amide bonds. The highest BCUT2D eigenvalue weighted by atomic mass is 16.3. The molecule has 2 heteroatoms. The minimum absolute atomic E-state index is 0.114. The normalized spacial score (nSPS) is 46.5. The number of hydrogen-bond acceptors (Lipinski definition) is 2. The molecular weight excluding hydrogens is 356 g/mol. The molecule has 0 bridgehead atoms. The van der Waals surface area contributed by atoms with E-state index < -0.39 is 5.60 Å². The standard InChI is InChI=1S/C27H46O2/c1-18(2)7-6-14-27(5,29)24-11-10-22-21-9-8-19-17-20(28)12-15-25(19,3)23(21)13-16-26(22,24)4/h8,18,20-24,28-29H,6-7,9-17H2,1-5H3/t20?,21-,22-,23+,24-,25-,26-,27+/m0/s1. The Morgan fingerprint density at radius 2 is 1.86 bits per heavy atom. The summed E-state index contributed by atoms with van der Waals surface area (Å²) in [6.07, 6.45) is 15.2. The van der Waals surface area contributed by atoms with E-state index in [4.69, 9.17) is 0 Å². The molecule has 0 aromatic rings. The van der Waals surface area contributed by atoms with Gasteiger partial charge in [0, 0.05) is 0 Å². The molecule has 0 radical (unpaired) electrons. The Balaban J connectivity index is 1.53. The summed E-state index contributed by atoms with van der Waals surface area (Å²) in [4.78, 5) is 0. The van der Waals surface area contributed by atoms with Gasteiger partial charge in [-0.15, -0.1) is 0 Å². The topological polar surface area (TPSA) is 40.5 Å². The van der Waals surface area contributed by atoms with Gasteiger partial charge in [0.05, 0.1) is 11.7 Å². The molecule has 166 valence electrons. The molecule has 4 aliphatic carbocycles. The Hall–Kier alpha value is -0.340. The molecule has 3 fully saturated rings. The summed E-state index contributed by atoms with van der Waals surface area (Å²) < 4.78 is 0. The van der Waals surface area contributed by atoms with E-state index in [1.807, 2.05) is 0 Å². The molecule has 2 nitrogen and oxygen atoms in total. The highest BCUT2D eigenvalue weighted by molar-refractivity contribution is 5.25. The van der Waals surface area contributed by atoms with Crippen LogP contribution in [0.4, 0.5) is 0 Å². The third-order valence-electron chi connectivity index (χ3n) is 10.3. The molecule has 4 aliphatic rings. The van der Waals surface area contributed by atoms with Crippen LogP contribution < -0.4 is 0 Å². The average Bonchev–Trinajstić information content (AvgIpc) is 3.00. The Morgan fingerprint density at radius 1 is 1.10 bits per heavy atom. The zero-order valence-corrected chi connectivity index (χ0v) is 19.7. The highest BCUT2D eigenvalue weighted by Crippen LogP contribution is 2.67. The monoisotopic (exact) mass is 402 g/mol. The van der Waals surface area contributed by atoms with Gasteiger partial charge in [0.15, 0.2) is 0 Å². The van der Waals surface area contributed by atoms with Gasteiger partial charge in [-0.3, -0.25) is 0 Å². The first-order chi connectivity index (χ1) is 13.6. The largest absolute Gasteiger partial charge is 0.393 e. The van der Waals surface area contributed by atoms with Crippen LogP contribution in [-0.2, 0) is 0 Å². The van der Waals surface area contributed by atoms with Crippen LogP contribution in [0, 0.1) is 40.4 Å². The van der Waals surface area contributed by atoms with Gasteiger partial charge in [-0.2, -0.15) is 0 Å². The Labute approximate surface area is 179 Å². The summed E-state index contributed by atoms with van der Waals surface area (Å²) >= 11 is 0. The summed E-state index contributed by atoms with van der Waals surface area (Å²) in [5, 5.41) is 21.8. The molecule has 2 N–H and O–H groups in total. The molecule has 1 unspecified atom stereocenters. The van der Waals surface area contributed by atoms with Crippen molar-refractivity contribution >= 4 is 0 Å². The average molecular weight is 403 g/mol. The van der Waals surface area contributed by atoms with Crippen LogP contribution in [0.25, 0.3) is 0 Å². The summed E-state index contributed by atoms with van der Waals surface area (Å²) in [7, 11) is 0. The fourth-order valence-corrected chi connectivity index (χ4v) is 8.71. The van der Waals surface area contributed by atoms with E-state index in [1.165, 1.54) is 44.9 Å². The summed E-state index contributed by atoms with van der Waals surface area (Å²) in [5.41, 5.74) is 1.68. The Kier molecular flexibility index (Phi) is 5.78. The van der Waals surface area contributed by atoms with Gasteiger partial charge in [0.1, 0.15) is 0 Å². The quantitative estimate of drug-likeness (QED) is 0.515. The van der Waals surface area contributed by atoms with Gasteiger partial charge < -0.3 is 10.2 Å². The molecule has 3 saturated carbocycles. The van der Waals surface area contributed by atoms with Crippen LogP contribution >= 0.6 is 0 Å². The lowest BCUT2D eigenvalue weighted by atomic mass is 9.46. The second-order valence-corrected chi connectivity index (χ2v) is 12.5. The molecule has 0 spiro atoms. The van der Waals surface area contributed by atoms with Crippen LogP contribution in [0.2, 0.25) is 0 Å². The minimum atomic E-state index is -0.514. The van der Waals surface area contributed by atoms with Crippen LogP contribution in [0.15, 0.2) is 11.6 Å². The van der Waals surface area contributed by atoms with Gasteiger partial charge in [0.25, 0.3) is 0 Å². The lowest BCUT2D eigenvalue weighted by molar-refractivity contribution is -0.105. The number of fused-ring (bicyclic) bond motifs is 5. The zero-order valence-electron chi connectivity index (χ0n) is 19.7. The molecule has 0 aromatic heterocycles.